The van der Waals surface area contributed by atoms with Gasteiger partial charge in [0, 0.05) is 5.92 Å². The topological polar surface area (TPSA) is 79.2 Å². The smallest absolute Gasteiger partial charge is 0.328 e. The van der Waals surface area contributed by atoms with Crippen molar-refractivity contribution >= 4 is 11.9 Å². The molecule has 5 nitrogen and oxygen atoms in total. The van der Waals surface area contributed by atoms with Crippen LogP contribution in [-0.4, -0.2) is 25.0 Å². The molecule has 1 unspecified atom stereocenters. The summed E-state index contributed by atoms with van der Waals surface area (Å²) in [5, 5.41) is 12.2. The lowest BCUT2D eigenvalue weighted by Crippen LogP contribution is -2.50. The molecule has 0 aromatic heterocycles. The zero-order valence-corrected chi connectivity index (χ0v) is 18.1. The third-order valence-electron chi connectivity index (χ3n) is 6.97. The fraction of sp³-hybridized carbons (Fsp3) is 0.640. The van der Waals surface area contributed by atoms with Crippen LogP contribution in [0.15, 0.2) is 24.3 Å². The van der Waals surface area contributed by atoms with Crippen LogP contribution in [0.2, 0.25) is 0 Å². The molecule has 0 bridgehead atoms. The summed E-state index contributed by atoms with van der Waals surface area (Å²) in [7, 11) is 1.40. The Hall–Kier alpha value is -2.35. The summed E-state index contributed by atoms with van der Waals surface area (Å²) in [5.74, 6) is -0.00616. The molecule has 162 valence electrons. The predicted octanol–water partition coefficient (Wildman–Crippen LogP) is 4.54. The third-order valence-corrected chi connectivity index (χ3v) is 6.97. The van der Waals surface area contributed by atoms with E-state index in [0.717, 1.165) is 56.9 Å². The average molecular weight is 411 g/mol. The summed E-state index contributed by atoms with van der Waals surface area (Å²) in [6.45, 7) is 0. The van der Waals surface area contributed by atoms with Crippen LogP contribution in [0.1, 0.15) is 75.3 Å². The molecule has 0 saturated heterocycles. The van der Waals surface area contributed by atoms with E-state index < -0.39 is 6.04 Å². The second-order valence-corrected chi connectivity index (χ2v) is 8.92. The van der Waals surface area contributed by atoms with Gasteiger partial charge in [0.05, 0.1) is 18.7 Å². The van der Waals surface area contributed by atoms with Crippen LogP contribution in [0, 0.1) is 29.1 Å². The molecule has 2 aliphatic carbocycles. The second kappa shape index (κ2) is 11.2. The van der Waals surface area contributed by atoms with Crippen molar-refractivity contribution in [2.45, 2.75) is 76.7 Å². The van der Waals surface area contributed by atoms with E-state index in [9.17, 15) is 9.59 Å². The van der Waals surface area contributed by atoms with Crippen molar-refractivity contribution in [1.82, 2.24) is 5.32 Å². The number of benzene rings is 1. The Morgan fingerprint density at radius 1 is 1.00 bits per heavy atom. The minimum atomic E-state index is -0.546. The highest BCUT2D eigenvalue weighted by Gasteiger charge is 2.36. The molecule has 0 radical (unpaired) electrons. The summed E-state index contributed by atoms with van der Waals surface area (Å²) in [6, 6.07) is 9.11. The maximum atomic E-state index is 13.5. The number of hydrogen-bond donors (Lipinski definition) is 1. The van der Waals surface area contributed by atoms with Crippen LogP contribution in [0.5, 0.6) is 0 Å². The molecular weight excluding hydrogens is 376 g/mol. The van der Waals surface area contributed by atoms with Crippen molar-refractivity contribution in [3.05, 3.63) is 35.4 Å². The molecule has 3 rings (SSSR count). The second-order valence-electron chi connectivity index (χ2n) is 8.92. The fourth-order valence-electron chi connectivity index (χ4n) is 5.20. The fourth-order valence-corrected chi connectivity index (χ4v) is 5.20. The monoisotopic (exact) mass is 410 g/mol. The highest BCUT2D eigenvalue weighted by molar-refractivity contribution is 5.86. The molecule has 0 spiro atoms. The molecule has 1 aromatic rings. The summed E-state index contributed by atoms with van der Waals surface area (Å²) in [5.41, 5.74) is 1.69. The van der Waals surface area contributed by atoms with E-state index in [2.05, 4.69) is 11.4 Å². The SMILES string of the molecule is COC(=O)C(NC(=O)[C@@H](Cc1ccc(C#N)cc1)C1CCCCC1)C1CCCCC1. The van der Waals surface area contributed by atoms with E-state index in [0.29, 0.717) is 17.9 Å². The number of hydrogen-bond acceptors (Lipinski definition) is 4. The molecule has 1 N–H and O–H groups in total. The Kier molecular flexibility index (Phi) is 8.30. The number of rotatable bonds is 7. The van der Waals surface area contributed by atoms with Gasteiger partial charge in [0.15, 0.2) is 0 Å². The van der Waals surface area contributed by atoms with Crippen molar-refractivity contribution in [2.24, 2.45) is 17.8 Å². The zero-order valence-electron chi connectivity index (χ0n) is 18.1. The number of nitrogens with one attached hydrogen (secondary N) is 1. The maximum absolute atomic E-state index is 13.5. The van der Waals surface area contributed by atoms with Gasteiger partial charge in [0.25, 0.3) is 0 Å². The first-order chi connectivity index (χ1) is 14.6. The van der Waals surface area contributed by atoms with Gasteiger partial charge in [-0.15, -0.1) is 0 Å². The quantitative estimate of drug-likeness (QED) is 0.670. The highest BCUT2D eigenvalue weighted by Crippen LogP contribution is 2.33. The van der Waals surface area contributed by atoms with Gasteiger partial charge in [-0.25, -0.2) is 4.79 Å². The molecule has 1 amide bonds. The van der Waals surface area contributed by atoms with Crippen molar-refractivity contribution in [2.75, 3.05) is 7.11 Å². The Balaban J connectivity index is 1.76. The van der Waals surface area contributed by atoms with Crippen LogP contribution in [-0.2, 0) is 20.7 Å². The van der Waals surface area contributed by atoms with Crippen molar-refractivity contribution in [1.29, 1.82) is 5.26 Å². The number of nitrogens with zero attached hydrogens (tertiary/aromatic N) is 1. The number of carbonyl (C=O) groups is 2. The van der Waals surface area contributed by atoms with E-state index in [4.69, 9.17) is 10.00 Å². The Labute approximate surface area is 180 Å². The van der Waals surface area contributed by atoms with Crippen molar-refractivity contribution < 1.29 is 14.3 Å². The first-order valence-corrected chi connectivity index (χ1v) is 11.5. The summed E-state index contributed by atoms with van der Waals surface area (Å²) >= 11 is 0. The molecule has 1 aromatic carbocycles. The number of esters is 1. The molecule has 2 fully saturated rings. The van der Waals surface area contributed by atoms with E-state index in [1.807, 2.05) is 24.3 Å². The molecule has 0 aliphatic heterocycles. The van der Waals surface area contributed by atoms with E-state index in [-0.39, 0.29) is 23.7 Å². The van der Waals surface area contributed by atoms with Gasteiger partial charge in [-0.3, -0.25) is 4.79 Å². The number of amides is 1. The lowest BCUT2D eigenvalue weighted by atomic mass is 9.76. The summed E-state index contributed by atoms with van der Waals surface area (Å²) in [6.07, 6.45) is 11.6. The zero-order chi connectivity index (χ0) is 21.3. The van der Waals surface area contributed by atoms with Crippen molar-refractivity contribution in [3.63, 3.8) is 0 Å². The van der Waals surface area contributed by atoms with E-state index >= 15 is 0 Å². The molecular formula is C25H34N2O3. The molecule has 5 heteroatoms. The van der Waals surface area contributed by atoms with E-state index in [1.54, 1.807) is 0 Å². The van der Waals surface area contributed by atoms with Gasteiger partial charge in [-0.1, -0.05) is 50.7 Å². The van der Waals surface area contributed by atoms with Gasteiger partial charge < -0.3 is 10.1 Å². The van der Waals surface area contributed by atoms with Crippen LogP contribution < -0.4 is 5.32 Å². The molecule has 2 atom stereocenters. The Morgan fingerprint density at radius 2 is 1.57 bits per heavy atom. The standard InChI is InChI=1S/C25H34N2O3/c1-30-25(29)23(21-10-6-3-7-11-21)27-24(28)22(20-8-4-2-5-9-20)16-18-12-14-19(17-26)15-13-18/h12-15,20-23H,2-11,16H2,1H3,(H,27,28)/t22-,23?/m0/s1. The Morgan fingerprint density at radius 3 is 2.10 bits per heavy atom. The van der Waals surface area contributed by atoms with E-state index in [1.165, 1.54) is 20.0 Å². The van der Waals surface area contributed by atoms with Crippen molar-refractivity contribution in [3.8, 4) is 6.07 Å². The molecule has 0 heterocycles. The van der Waals surface area contributed by atoms with Gasteiger partial charge in [0.1, 0.15) is 6.04 Å². The van der Waals surface area contributed by atoms with Crippen LogP contribution in [0.4, 0.5) is 0 Å². The minimum absolute atomic E-state index is 0.0211. The largest absolute Gasteiger partial charge is 0.467 e. The molecule has 30 heavy (non-hydrogen) atoms. The van der Waals surface area contributed by atoms with Crippen LogP contribution in [0.3, 0.4) is 0 Å². The van der Waals surface area contributed by atoms with Gasteiger partial charge in [-0.2, -0.15) is 5.26 Å². The normalized spacial score (nSPS) is 20.0. The maximum Gasteiger partial charge on any atom is 0.328 e. The van der Waals surface area contributed by atoms with Gasteiger partial charge in [-0.05, 0) is 61.6 Å². The predicted molar refractivity (Wildman–Crippen MR) is 115 cm³/mol. The first-order valence-electron chi connectivity index (χ1n) is 11.5. The summed E-state index contributed by atoms with van der Waals surface area (Å²) < 4.78 is 5.05. The average Bonchev–Trinajstić information content (AvgIpc) is 2.81. The lowest BCUT2D eigenvalue weighted by Gasteiger charge is -2.33. The number of carbonyl (C=O) groups excluding carboxylic acids is 2. The number of ether oxygens (including phenoxy) is 1. The number of methoxy groups -OCH3 is 1. The van der Waals surface area contributed by atoms with Crippen LogP contribution >= 0.6 is 0 Å². The van der Waals surface area contributed by atoms with Crippen LogP contribution in [0.25, 0.3) is 0 Å². The lowest BCUT2D eigenvalue weighted by molar-refractivity contribution is -0.148. The minimum Gasteiger partial charge on any atom is -0.467 e. The summed E-state index contributed by atoms with van der Waals surface area (Å²) in [4.78, 5) is 26.0. The first kappa shape index (κ1) is 22.3. The number of nitriles is 1. The molecule has 2 aliphatic rings. The van der Waals surface area contributed by atoms with Gasteiger partial charge in [0.2, 0.25) is 5.91 Å². The third kappa shape index (κ3) is 5.84. The Bertz CT molecular complexity index is 741. The highest BCUT2D eigenvalue weighted by atomic mass is 16.5. The molecule has 2 saturated carbocycles. The van der Waals surface area contributed by atoms with Gasteiger partial charge >= 0.3 is 5.97 Å².